The average molecular weight is 956 g/mol. The van der Waals surface area contributed by atoms with Crippen molar-refractivity contribution in [2.24, 2.45) is 0 Å². The maximum atomic E-state index is 7.45. The molecule has 21 heteroatoms. The Hall–Kier alpha value is -7.11. The van der Waals surface area contributed by atoms with Crippen molar-refractivity contribution in [1.29, 1.82) is 0 Å². The number of nitrogens with zero attached hydrogens (tertiary/aromatic N) is 4. The zero-order chi connectivity index (χ0) is 53.5. The van der Waals surface area contributed by atoms with E-state index in [-0.39, 0.29) is 0 Å². The van der Waals surface area contributed by atoms with E-state index in [2.05, 4.69) is 239 Å². The fraction of sp³-hybridized carbons (Fsp3) is 0. The molecular formula is C55H50B16N4O. The number of benzene rings is 9. The molecule has 9 aromatic carbocycles. The highest BCUT2D eigenvalue weighted by molar-refractivity contribution is 6.74. The van der Waals surface area contributed by atoms with Gasteiger partial charge in [0.05, 0.1) is 0 Å². The topological polar surface area (TPSA) is 56.7 Å². The second-order valence-electron chi connectivity index (χ2n) is 22.0. The van der Waals surface area contributed by atoms with Crippen LogP contribution in [0.2, 0.25) is 0 Å². The molecule has 76 heavy (non-hydrogen) atoms. The zero-order valence-electron chi connectivity index (χ0n) is 47.1. The fourth-order valence-electron chi connectivity index (χ4n) is 13.1. The van der Waals surface area contributed by atoms with Gasteiger partial charge in [-0.05, 0) is 43.9 Å². The van der Waals surface area contributed by atoms with E-state index in [9.17, 15) is 0 Å². The number of fused-ring (bicyclic) bond motifs is 7. The van der Waals surface area contributed by atoms with Crippen LogP contribution in [0, 0.1) is 0 Å². The van der Waals surface area contributed by atoms with Gasteiger partial charge in [0, 0.05) is 49.6 Å². The highest BCUT2D eigenvalue weighted by Crippen LogP contribution is 2.37. The van der Waals surface area contributed by atoms with Crippen LogP contribution < -0.4 is 87.4 Å². The minimum Gasteiger partial charge on any atom is -0.457 e. The van der Waals surface area contributed by atoms with Crippen molar-refractivity contribution in [2.45, 2.75) is 0 Å². The molecule has 0 aliphatic heterocycles. The Labute approximate surface area is 459 Å². The maximum absolute atomic E-state index is 7.45. The van der Waals surface area contributed by atoms with Gasteiger partial charge < -0.3 is 8.98 Å². The Morgan fingerprint density at radius 2 is 0.618 bits per heavy atom. The summed E-state index contributed by atoms with van der Waals surface area (Å²) in [6.07, 6.45) is 0. The molecule has 0 atom stereocenters. The van der Waals surface area contributed by atoms with E-state index in [1.54, 1.807) is 0 Å². The molecule has 0 radical (unpaired) electrons. The molecule has 0 bridgehead atoms. The van der Waals surface area contributed by atoms with E-state index < -0.39 is 0 Å². The first kappa shape index (κ1) is 49.7. The molecule has 344 valence electrons. The second-order valence-corrected chi connectivity index (χ2v) is 22.0. The van der Waals surface area contributed by atoms with Crippen LogP contribution in [0.1, 0.15) is 0 Å². The van der Waals surface area contributed by atoms with Gasteiger partial charge in [-0.3, -0.25) is 0 Å². The molecule has 0 saturated heterocycles. The van der Waals surface area contributed by atoms with Gasteiger partial charge in [0.1, 0.15) is 137 Å². The molecule has 3 aromatic heterocycles. The molecule has 12 aromatic rings. The third-order valence-electron chi connectivity index (χ3n) is 18.3. The molecule has 0 aliphatic carbocycles. The molecular weight excluding hydrogens is 906 g/mol. The van der Waals surface area contributed by atoms with Crippen molar-refractivity contribution in [3.63, 3.8) is 0 Å². The largest absolute Gasteiger partial charge is 0.457 e. The Morgan fingerprint density at radius 3 is 1.12 bits per heavy atom. The lowest BCUT2D eigenvalue weighted by molar-refractivity contribution is 0.674. The minimum atomic E-state index is 0.609. The first-order valence-corrected chi connectivity index (χ1v) is 26.9. The summed E-state index contributed by atoms with van der Waals surface area (Å²) in [5.74, 6) is 1.83. The van der Waals surface area contributed by atoms with Crippen molar-refractivity contribution in [3.8, 4) is 62.1 Å². The van der Waals surface area contributed by atoms with E-state index in [0.29, 0.717) is 17.5 Å². The molecule has 3 heterocycles. The summed E-state index contributed by atoms with van der Waals surface area (Å²) in [7, 11) is 36.8. The van der Waals surface area contributed by atoms with Crippen LogP contribution in [0.15, 0.2) is 114 Å². The molecule has 5 nitrogen and oxygen atoms in total. The molecule has 12 rings (SSSR count). The number of furan rings is 1. The van der Waals surface area contributed by atoms with Gasteiger partial charge in [-0.15, -0.1) is 21.9 Å². The maximum Gasteiger partial charge on any atom is 0.164 e. The smallest absolute Gasteiger partial charge is 0.164 e. The van der Waals surface area contributed by atoms with E-state index in [4.69, 9.17) is 19.4 Å². The number of hydrogen-bond acceptors (Lipinski definition) is 4. The van der Waals surface area contributed by atoms with Crippen molar-refractivity contribution >= 4 is 267 Å². The Kier molecular flexibility index (Phi) is 12.0. The van der Waals surface area contributed by atoms with Crippen LogP contribution in [-0.2, 0) is 0 Å². The van der Waals surface area contributed by atoms with Gasteiger partial charge in [-0.25, -0.2) is 15.0 Å². The third-order valence-corrected chi connectivity index (χ3v) is 18.3. The van der Waals surface area contributed by atoms with Crippen molar-refractivity contribution in [2.75, 3.05) is 0 Å². The lowest BCUT2D eigenvalue weighted by Gasteiger charge is -2.24. The van der Waals surface area contributed by atoms with Crippen LogP contribution >= 0.6 is 0 Å². The predicted octanol–water partition coefficient (Wildman–Crippen LogP) is -13.5. The normalized spacial score (nSPS) is 11.7. The minimum absolute atomic E-state index is 0.609. The predicted molar refractivity (Wildman–Crippen MR) is 377 cm³/mol. The number of rotatable bonds is 6. The summed E-state index contributed by atoms with van der Waals surface area (Å²) in [4.78, 5) is 16.6. The summed E-state index contributed by atoms with van der Waals surface area (Å²) in [5, 5.41) is 7.51. The molecule has 0 saturated carbocycles. The van der Waals surface area contributed by atoms with E-state index in [1.807, 2.05) is 0 Å². The Morgan fingerprint density at radius 1 is 0.263 bits per heavy atom. The molecule has 0 amide bonds. The van der Waals surface area contributed by atoms with Crippen molar-refractivity contribution < 1.29 is 4.42 Å². The lowest BCUT2D eigenvalue weighted by Crippen LogP contribution is -2.50. The quantitative estimate of drug-likeness (QED) is 0.156. The van der Waals surface area contributed by atoms with Gasteiger partial charge in [-0.2, -0.15) is 0 Å². The second kappa shape index (κ2) is 18.3. The van der Waals surface area contributed by atoms with Gasteiger partial charge in [-0.1, -0.05) is 169 Å². The van der Waals surface area contributed by atoms with Gasteiger partial charge in [0.2, 0.25) is 0 Å². The van der Waals surface area contributed by atoms with Gasteiger partial charge in [0.15, 0.2) is 17.5 Å². The Balaban J connectivity index is 1.26. The Bertz CT molecular complexity index is 4410. The first-order chi connectivity index (χ1) is 36.4. The standard InChI is InChI=1S/C55H50B16N4O/c56-32-26-27(34(58)40(64)39(63)33(26)57)37(61)48-28(32)29-35(59)41(65)43(67)45(69)49(29)75(48)50-38(62)31(25-30-36(60)42(66)44(68)46(70)52(30)76-51(25)47(50)71)55-73-53(23-15-11-21(12-16-23)19-7-3-1-4-8-19)72-54(74-55)24-17-13-22(14-18-24)20-9-5-2-6-10-20/h1-18H,56-71H2. The summed E-state index contributed by atoms with van der Waals surface area (Å²) in [6, 6.07) is 38.3. The fourth-order valence-corrected chi connectivity index (χ4v) is 13.1. The summed E-state index contributed by atoms with van der Waals surface area (Å²) < 4.78 is 10.1. The van der Waals surface area contributed by atoms with Crippen LogP contribution in [0.25, 0.3) is 117 Å². The molecule has 0 N–H and O–H groups in total. The van der Waals surface area contributed by atoms with Crippen LogP contribution in [0.4, 0.5) is 0 Å². The van der Waals surface area contributed by atoms with E-state index in [0.717, 1.165) is 83.0 Å². The van der Waals surface area contributed by atoms with Crippen molar-refractivity contribution in [3.05, 3.63) is 109 Å². The monoisotopic (exact) mass is 959 g/mol. The zero-order valence-corrected chi connectivity index (χ0v) is 47.1. The lowest BCUT2D eigenvalue weighted by atomic mass is 9.61. The number of hydrogen-bond donors (Lipinski definition) is 0. The molecule has 0 fully saturated rings. The highest BCUT2D eigenvalue weighted by Gasteiger charge is 2.31. The molecule has 0 spiro atoms. The SMILES string of the molecule is Bc1c(B)c(B)c2c(oc3c(B)c(-n4c5c(B)c(B)c(B)c(B)c5c5c(B)c6c(B)c(B)c(B)c(B)c6c(B)c54)c(B)c(-c4nc(-c5ccc(-c6ccccc6)cc5)nc(-c5ccc(-c6ccccc6)cc5)n4)c32)c1B. The van der Waals surface area contributed by atoms with Gasteiger partial charge >= 0.3 is 0 Å². The van der Waals surface area contributed by atoms with Crippen LogP contribution in [-0.4, -0.2) is 145 Å². The number of aromatic nitrogens is 4. The molecule has 0 unspecified atom stereocenters. The van der Waals surface area contributed by atoms with Crippen LogP contribution in [0.3, 0.4) is 0 Å². The first-order valence-electron chi connectivity index (χ1n) is 26.9. The molecule has 0 aliphatic rings. The van der Waals surface area contributed by atoms with Crippen molar-refractivity contribution in [1.82, 2.24) is 19.5 Å². The van der Waals surface area contributed by atoms with Crippen LogP contribution in [0.5, 0.6) is 0 Å². The summed E-state index contributed by atoms with van der Waals surface area (Å²) >= 11 is 0. The van der Waals surface area contributed by atoms with E-state index in [1.165, 1.54) is 104 Å². The highest BCUT2D eigenvalue weighted by atomic mass is 16.3. The average Bonchev–Trinajstić information content (AvgIpc) is 4.14. The third kappa shape index (κ3) is 7.20. The summed E-state index contributed by atoms with van der Waals surface area (Å²) in [6.45, 7) is 0. The summed E-state index contributed by atoms with van der Waals surface area (Å²) in [5.41, 5.74) is 33.0. The van der Waals surface area contributed by atoms with E-state index >= 15 is 0 Å². The van der Waals surface area contributed by atoms with Gasteiger partial charge in [0.25, 0.3) is 0 Å².